The van der Waals surface area contributed by atoms with Gasteiger partial charge < -0.3 is 15.2 Å². The third-order valence-corrected chi connectivity index (χ3v) is 4.12. The number of nitrogens with zero attached hydrogens (tertiary/aromatic N) is 1. The van der Waals surface area contributed by atoms with Crippen molar-refractivity contribution < 1.29 is 4.79 Å². The van der Waals surface area contributed by atoms with Crippen molar-refractivity contribution in [2.24, 2.45) is 7.05 Å². The maximum atomic E-state index is 12.2. The number of amides is 2. The Kier molecular flexibility index (Phi) is 4.84. The van der Waals surface area contributed by atoms with Gasteiger partial charge in [-0.1, -0.05) is 48.0 Å². The van der Waals surface area contributed by atoms with E-state index in [4.69, 9.17) is 0 Å². The summed E-state index contributed by atoms with van der Waals surface area (Å²) in [5.41, 5.74) is 2.93. The average molecular weight is 335 g/mol. The molecule has 1 aromatic heterocycles. The van der Waals surface area contributed by atoms with E-state index in [9.17, 15) is 9.59 Å². The van der Waals surface area contributed by atoms with E-state index in [1.807, 2.05) is 30.3 Å². The molecule has 0 saturated carbocycles. The van der Waals surface area contributed by atoms with Gasteiger partial charge in [0.05, 0.1) is 5.69 Å². The van der Waals surface area contributed by atoms with Gasteiger partial charge in [0.2, 0.25) is 0 Å². The highest BCUT2D eigenvalue weighted by Crippen LogP contribution is 2.19. The molecule has 5 nitrogen and oxygen atoms in total. The smallest absolute Gasteiger partial charge is 0.319 e. The molecule has 0 radical (unpaired) electrons. The fourth-order valence-electron chi connectivity index (χ4n) is 2.87. The first-order valence-electron chi connectivity index (χ1n) is 8.23. The molecule has 3 aromatic rings. The molecule has 0 fully saturated rings. The SMILES string of the molecule is Cc1cccc(CCNC(=O)Nc2cn(C)c(=O)c3ccccc23)c1. The van der Waals surface area contributed by atoms with Crippen molar-refractivity contribution in [3.8, 4) is 0 Å². The molecule has 3 rings (SSSR count). The lowest BCUT2D eigenvalue weighted by atomic mass is 10.1. The molecule has 128 valence electrons. The van der Waals surface area contributed by atoms with E-state index in [0.29, 0.717) is 17.6 Å². The number of pyridine rings is 1. The summed E-state index contributed by atoms with van der Waals surface area (Å²) in [7, 11) is 1.68. The third-order valence-electron chi connectivity index (χ3n) is 4.12. The van der Waals surface area contributed by atoms with Crippen molar-refractivity contribution in [1.82, 2.24) is 9.88 Å². The van der Waals surface area contributed by atoms with Gasteiger partial charge in [-0.25, -0.2) is 4.79 Å². The number of rotatable bonds is 4. The van der Waals surface area contributed by atoms with Crippen molar-refractivity contribution >= 4 is 22.5 Å². The van der Waals surface area contributed by atoms with E-state index in [-0.39, 0.29) is 11.6 Å². The summed E-state index contributed by atoms with van der Waals surface area (Å²) in [4.78, 5) is 24.4. The van der Waals surface area contributed by atoms with Crippen molar-refractivity contribution in [3.63, 3.8) is 0 Å². The number of urea groups is 1. The monoisotopic (exact) mass is 335 g/mol. The number of anilines is 1. The highest BCUT2D eigenvalue weighted by atomic mass is 16.2. The second-order valence-electron chi connectivity index (χ2n) is 6.12. The Morgan fingerprint density at radius 2 is 1.84 bits per heavy atom. The van der Waals surface area contributed by atoms with Crippen molar-refractivity contribution in [2.75, 3.05) is 11.9 Å². The van der Waals surface area contributed by atoms with E-state index in [1.54, 1.807) is 19.3 Å². The van der Waals surface area contributed by atoms with Gasteiger partial charge in [-0.3, -0.25) is 4.79 Å². The summed E-state index contributed by atoms with van der Waals surface area (Å²) in [5.74, 6) is 0. The molecule has 0 aliphatic heterocycles. The quantitative estimate of drug-likeness (QED) is 0.769. The van der Waals surface area contributed by atoms with Gasteiger partial charge in [-0.15, -0.1) is 0 Å². The Labute approximate surface area is 146 Å². The summed E-state index contributed by atoms with van der Waals surface area (Å²) < 4.78 is 1.48. The molecule has 2 amide bonds. The summed E-state index contributed by atoms with van der Waals surface area (Å²) >= 11 is 0. The Morgan fingerprint density at radius 3 is 2.60 bits per heavy atom. The molecule has 0 aliphatic carbocycles. The number of aryl methyl sites for hydroxylation is 2. The molecule has 0 bridgehead atoms. The van der Waals surface area contributed by atoms with Crippen LogP contribution in [0.3, 0.4) is 0 Å². The average Bonchev–Trinajstić information content (AvgIpc) is 2.59. The van der Waals surface area contributed by atoms with Crippen molar-refractivity contribution in [3.05, 3.63) is 76.2 Å². The van der Waals surface area contributed by atoms with Crippen LogP contribution in [-0.2, 0) is 13.5 Å². The first-order chi connectivity index (χ1) is 12.0. The third kappa shape index (κ3) is 3.88. The molecule has 5 heteroatoms. The fraction of sp³-hybridized carbons (Fsp3) is 0.200. The maximum absolute atomic E-state index is 12.2. The largest absolute Gasteiger partial charge is 0.338 e. The van der Waals surface area contributed by atoms with Gasteiger partial charge in [0, 0.05) is 30.6 Å². The summed E-state index contributed by atoms with van der Waals surface area (Å²) in [5, 5.41) is 7.02. The van der Waals surface area contributed by atoms with Crippen LogP contribution < -0.4 is 16.2 Å². The number of hydrogen-bond donors (Lipinski definition) is 2. The number of benzene rings is 2. The van der Waals surface area contributed by atoms with Crippen LogP contribution in [-0.4, -0.2) is 17.1 Å². The molecule has 2 N–H and O–H groups in total. The van der Waals surface area contributed by atoms with Gasteiger partial charge in [-0.05, 0) is 25.0 Å². The van der Waals surface area contributed by atoms with E-state index >= 15 is 0 Å². The lowest BCUT2D eigenvalue weighted by Crippen LogP contribution is -2.31. The zero-order valence-electron chi connectivity index (χ0n) is 14.4. The van der Waals surface area contributed by atoms with Crippen LogP contribution in [0, 0.1) is 6.92 Å². The minimum atomic E-state index is -0.281. The first-order valence-corrected chi connectivity index (χ1v) is 8.23. The van der Waals surface area contributed by atoms with Crippen LogP contribution in [0.15, 0.2) is 59.5 Å². The zero-order valence-corrected chi connectivity index (χ0v) is 14.4. The van der Waals surface area contributed by atoms with Crippen LogP contribution >= 0.6 is 0 Å². The predicted molar refractivity (Wildman–Crippen MR) is 101 cm³/mol. The highest BCUT2D eigenvalue weighted by Gasteiger charge is 2.09. The fourth-order valence-corrected chi connectivity index (χ4v) is 2.87. The van der Waals surface area contributed by atoms with Gasteiger partial charge in [0.25, 0.3) is 5.56 Å². The van der Waals surface area contributed by atoms with Crippen LogP contribution in [0.25, 0.3) is 10.8 Å². The van der Waals surface area contributed by atoms with Gasteiger partial charge >= 0.3 is 6.03 Å². The second-order valence-corrected chi connectivity index (χ2v) is 6.12. The Bertz CT molecular complexity index is 976. The molecule has 0 saturated heterocycles. The first kappa shape index (κ1) is 16.8. The van der Waals surface area contributed by atoms with Crippen LogP contribution in [0.2, 0.25) is 0 Å². The Hall–Kier alpha value is -3.08. The molecular formula is C20H21N3O2. The number of aromatic nitrogens is 1. The minimum absolute atomic E-state index is 0.0824. The van der Waals surface area contributed by atoms with E-state index in [1.165, 1.54) is 15.7 Å². The Balaban J connectivity index is 1.68. The predicted octanol–water partition coefficient (Wildman–Crippen LogP) is 3.21. The standard InChI is InChI=1S/C20H21N3O2/c1-14-6-5-7-15(12-14)10-11-21-20(25)22-18-13-23(2)19(24)17-9-4-3-8-16(17)18/h3-9,12-13H,10-11H2,1-2H3,(H2,21,22,25). The number of carbonyl (C=O) groups is 1. The zero-order chi connectivity index (χ0) is 17.8. The Morgan fingerprint density at radius 1 is 1.08 bits per heavy atom. The lowest BCUT2D eigenvalue weighted by molar-refractivity contribution is 0.252. The molecule has 0 atom stereocenters. The summed E-state index contributed by atoms with van der Waals surface area (Å²) in [6.45, 7) is 2.59. The minimum Gasteiger partial charge on any atom is -0.338 e. The van der Waals surface area contributed by atoms with E-state index < -0.39 is 0 Å². The van der Waals surface area contributed by atoms with E-state index in [2.05, 4.69) is 29.7 Å². The number of nitrogens with one attached hydrogen (secondary N) is 2. The summed E-state index contributed by atoms with van der Waals surface area (Å²) in [6, 6.07) is 15.2. The molecule has 0 aliphatic rings. The highest BCUT2D eigenvalue weighted by molar-refractivity contribution is 6.00. The molecule has 0 unspecified atom stereocenters. The van der Waals surface area contributed by atoms with Gasteiger partial charge in [0.15, 0.2) is 0 Å². The van der Waals surface area contributed by atoms with Crippen LogP contribution in [0.1, 0.15) is 11.1 Å². The van der Waals surface area contributed by atoms with Crippen LogP contribution in [0.5, 0.6) is 0 Å². The number of fused-ring (bicyclic) bond motifs is 1. The van der Waals surface area contributed by atoms with Gasteiger partial charge in [-0.2, -0.15) is 0 Å². The van der Waals surface area contributed by atoms with Crippen LogP contribution in [0.4, 0.5) is 10.5 Å². The molecule has 2 aromatic carbocycles. The topological polar surface area (TPSA) is 63.1 Å². The van der Waals surface area contributed by atoms with Crippen molar-refractivity contribution in [2.45, 2.75) is 13.3 Å². The molecule has 25 heavy (non-hydrogen) atoms. The normalized spacial score (nSPS) is 10.6. The van der Waals surface area contributed by atoms with Crippen molar-refractivity contribution in [1.29, 1.82) is 0 Å². The van der Waals surface area contributed by atoms with E-state index in [0.717, 1.165) is 11.8 Å². The van der Waals surface area contributed by atoms with Gasteiger partial charge in [0.1, 0.15) is 0 Å². The second kappa shape index (κ2) is 7.21. The lowest BCUT2D eigenvalue weighted by Gasteiger charge is -2.12. The molecule has 0 spiro atoms. The maximum Gasteiger partial charge on any atom is 0.319 e. The summed E-state index contributed by atoms with van der Waals surface area (Å²) in [6.07, 6.45) is 2.41. The molecule has 1 heterocycles. The number of carbonyl (C=O) groups excluding carboxylic acids is 1. The number of hydrogen-bond acceptors (Lipinski definition) is 2. The molecular weight excluding hydrogens is 314 g/mol.